The molecular weight excluding hydrogens is 503 g/mol. The Bertz CT molecular complexity index is 1650. The molecule has 3 heterocycles. The van der Waals surface area contributed by atoms with E-state index in [0.717, 1.165) is 0 Å². The average molecular weight is 527 g/mol. The highest BCUT2D eigenvalue weighted by Crippen LogP contribution is 2.59. The van der Waals surface area contributed by atoms with Gasteiger partial charge in [0.1, 0.15) is 23.1 Å². The van der Waals surface area contributed by atoms with Crippen LogP contribution in [0.4, 0.5) is 15.8 Å². The first-order valence-electron chi connectivity index (χ1n) is 12.3. The number of nitriles is 1. The van der Waals surface area contributed by atoms with Gasteiger partial charge in [-0.1, -0.05) is 43.6 Å². The van der Waals surface area contributed by atoms with Crippen LogP contribution in [0.15, 0.2) is 83.8 Å². The highest BCUT2D eigenvalue weighted by Gasteiger charge is 2.63. The van der Waals surface area contributed by atoms with Crippen molar-refractivity contribution >= 4 is 40.5 Å². The van der Waals surface area contributed by atoms with E-state index in [1.807, 2.05) is 50.2 Å². The number of amides is 1. The summed E-state index contributed by atoms with van der Waals surface area (Å²) in [7, 11) is 1.67. The fraction of sp³-hybridized carbons (Fsp3) is 0.233. The van der Waals surface area contributed by atoms with Gasteiger partial charge in [0.05, 0.1) is 10.6 Å². The number of hydrogen-bond donors (Lipinski definition) is 0. The summed E-state index contributed by atoms with van der Waals surface area (Å²) in [5.41, 5.74) is 0.754. The maximum absolute atomic E-state index is 14.4. The van der Waals surface area contributed by atoms with E-state index in [1.165, 1.54) is 17.0 Å². The summed E-state index contributed by atoms with van der Waals surface area (Å²) in [4.78, 5) is 31.9. The predicted molar refractivity (Wildman–Crippen MR) is 144 cm³/mol. The molecule has 3 aliphatic rings. The molecule has 38 heavy (non-hydrogen) atoms. The Hall–Kier alpha value is -4.15. The second kappa shape index (κ2) is 8.17. The molecule has 1 amide bonds. The summed E-state index contributed by atoms with van der Waals surface area (Å²) in [6, 6.07) is 17.6. The number of para-hydroxylation sites is 1. The zero-order valence-corrected chi connectivity index (χ0v) is 21.9. The van der Waals surface area contributed by atoms with Gasteiger partial charge in [-0.15, -0.1) is 0 Å². The van der Waals surface area contributed by atoms with Crippen molar-refractivity contribution in [3.63, 3.8) is 0 Å². The van der Waals surface area contributed by atoms with Gasteiger partial charge < -0.3 is 9.47 Å². The lowest BCUT2D eigenvalue weighted by Crippen LogP contribution is -2.52. The molecule has 0 unspecified atom stereocenters. The van der Waals surface area contributed by atoms with Crippen molar-refractivity contribution < 1.29 is 14.0 Å². The number of fused-ring (bicyclic) bond motifs is 3. The lowest BCUT2D eigenvalue weighted by molar-refractivity contribution is -0.124. The first-order chi connectivity index (χ1) is 18.1. The van der Waals surface area contributed by atoms with Crippen LogP contribution in [0.2, 0.25) is 5.02 Å². The molecule has 190 valence electrons. The van der Waals surface area contributed by atoms with Crippen LogP contribution >= 0.6 is 11.6 Å². The van der Waals surface area contributed by atoms with Crippen LogP contribution in [0.1, 0.15) is 32.3 Å². The van der Waals surface area contributed by atoms with Gasteiger partial charge in [-0.3, -0.25) is 14.5 Å². The molecule has 1 atom stereocenters. The third-order valence-electron chi connectivity index (χ3n) is 7.72. The van der Waals surface area contributed by atoms with E-state index in [1.54, 1.807) is 35.0 Å². The van der Waals surface area contributed by atoms with Gasteiger partial charge >= 0.3 is 0 Å². The number of ketones is 1. The number of likely N-dealkylation sites (N-methyl/N-ethyl adjacent to an activating group) is 1. The highest BCUT2D eigenvalue weighted by atomic mass is 35.5. The van der Waals surface area contributed by atoms with Crippen molar-refractivity contribution in [2.24, 2.45) is 5.41 Å². The van der Waals surface area contributed by atoms with E-state index in [-0.39, 0.29) is 28.7 Å². The van der Waals surface area contributed by atoms with Crippen LogP contribution in [0.5, 0.6) is 0 Å². The molecule has 0 N–H and O–H groups in total. The summed E-state index contributed by atoms with van der Waals surface area (Å²) < 4.78 is 16.0. The molecule has 6 rings (SSSR count). The van der Waals surface area contributed by atoms with Crippen molar-refractivity contribution in [3.05, 3.63) is 100 Å². The number of allylic oxidation sites excluding steroid dienone is 1. The third kappa shape index (κ3) is 3.10. The minimum atomic E-state index is -1.61. The standard InChI is InChI=1S/C30H24ClFN4O2/c1-29(2)15-24-26(25(37)16-29)30(19-8-4-5-9-23(19)34(3)28(30)38)20(17-33)27(35-12-6-7-13-35)36(24)18-10-11-22(32)21(31)14-18/h4-14H,15-16H2,1-3H3/t30-/m1/s1. The van der Waals surface area contributed by atoms with Gasteiger partial charge in [-0.05, 0) is 48.2 Å². The monoisotopic (exact) mass is 526 g/mol. The third-order valence-corrected chi connectivity index (χ3v) is 8.01. The minimum Gasteiger partial charge on any atom is -0.314 e. The number of hydrogen-bond acceptors (Lipinski definition) is 4. The highest BCUT2D eigenvalue weighted by molar-refractivity contribution is 6.31. The van der Waals surface area contributed by atoms with Crippen LogP contribution in [0.3, 0.4) is 0 Å². The fourth-order valence-electron chi connectivity index (χ4n) is 6.24. The molecule has 1 aromatic heterocycles. The Morgan fingerprint density at radius 2 is 1.74 bits per heavy atom. The summed E-state index contributed by atoms with van der Waals surface area (Å²) in [6.45, 7) is 4.01. The molecule has 1 spiro atoms. The Morgan fingerprint density at radius 1 is 1.03 bits per heavy atom. The van der Waals surface area contributed by atoms with Crippen molar-refractivity contribution in [3.8, 4) is 6.07 Å². The number of rotatable bonds is 2. The van der Waals surface area contributed by atoms with Crippen molar-refractivity contribution in [2.75, 3.05) is 16.8 Å². The van der Waals surface area contributed by atoms with Gasteiger partial charge in [0.15, 0.2) is 5.78 Å². The maximum Gasteiger partial charge on any atom is 0.247 e. The molecule has 8 heteroatoms. The predicted octanol–water partition coefficient (Wildman–Crippen LogP) is 6.05. The van der Waals surface area contributed by atoms with E-state index in [4.69, 9.17) is 11.6 Å². The number of carbonyl (C=O) groups excluding carboxylic acids is 2. The van der Waals surface area contributed by atoms with Crippen molar-refractivity contribution in [1.82, 2.24) is 4.57 Å². The number of nitrogens with zero attached hydrogens (tertiary/aromatic N) is 4. The molecule has 0 fully saturated rings. The number of anilines is 2. The van der Waals surface area contributed by atoms with E-state index >= 15 is 0 Å². The molecule has 0 saturated carbocycles. The first-order valence-corrected chi connectivity index (χ1v) is 12.7. The van der Waals surface area contributed by atoms with Crippen molar-refractivity contribution in [2.45, 2.75) is 32.1 Å². The van der Waals surface area contributed by atoms with Gasteiger partial charge in [0.2, 0.25) is 5.91 Å². The average Bonchev–Trinajstić information content (AvgIpc) is 3.48. The summed E-state index contributed by atoms with van der Waals surface area (Å²) in [5, 5.41) is 10.7. The molecule has 2 aliphatic heterocycles. The summed E-state index contributed by atoms with van der Waals surface area (Å²) >= 11 is 6.23. The number of aromatic nitrogens is 1. The van der Waals surface area contributed by atoms with E-state index in [0.29, 0.717) is 40.5 Å². The number of Topliss-reactive ketones (excluding diaryl/α,β-unsaturated/α-hetero) is 1. The van der Waals surface area contributed by atoms with Crippen molar-refractivity contribution in [1.29, 1.82) is 5.26 Å². The SMILES string of the molecule is CN1C(=O)[C@@]2(C(C#N)=C(n3cccc3)N(c3ccc(F)c(Cl)c3)C3=C2C(=O)CC(C)(C)C3)c2ccccc21. The number of carbonyl (C=O) groups is 2. The Kier molecular flexibility index (Phi) is 5.21. The van der Waals surface area contributed by atoms with E-state index in [2.05, 4.69) is 6.07 Å². The van der Waals surface area contributed by atoms with Crippen LogP contribution in [-0.2, 0) is 15.0 Å². The largest absolute Gasteiger partial charge is 0.314 e. The summed E-state index contributed by atoms with van der Waals surface area (Å²) in [5.74, 6) is -0.709. The van der Waals surface area contributed by atoms with Gasteiger partial charge in [-0.2, -0.15) is 5.26 Å². The molecule has 0 bridgehead atoms. The number of halogens is 2. The zero-order chi connectivity index (χ0) is 27.0. The van der Waals surface area contributed by atoms with Gasteiger partial charge in [-0.25, -0.2) is 4.39 Å². The van der Waals surface area contributed by atoms with Crippen LogP contribution in [-0.4, -0.2) is 23.3 Å². The minimum absolute atomic E-state index is 0.0845. The second-order valence-electron chi connectivity index (χ2n) is 10.7. The Labute approximate surface area is 224 Å². The quantitative estimate of drug-likeness (QED) is 0.407. The summed E-state index contributed by atoms with van der Waals surface area (Å²) in [6.07, 6.45) is 4.25. The first kappa shape index (κ1) is 24.2. The van der Waals surface area contributed by atoms with Gasteiger partial charge in [0.25, 0.3) is 0 Å². The zero-order valence-electron chi connectivity index (χ0n) is 21.1. The fourth-order valence-corrected chi connectivity index (χ4v) is 6.41. The Balaban J connectivity index is 1.81. The van der Waals surface area contributed by atoms with E-state index in [9.17, 15) is 19.2 Å². The second-order valence-corrected chi connectivity index (χ2v) is 11.1. The molecular formula is C30H24ClFN4O2. The molecule has 1 aliphatic carbocycles. The van der Waals surface area contributed by atoms with Crippen LogP contribution in [0, 0.1) is 22.6 Å². The molecule has 2 aromatic carbocycles. The topological polar surface area (TPSA) is 69.3 Å². The van der Waals surface area contributed by atoms with Crippen LogP contribution in [0.25, 0.3) is 5.82 Å². The molecule has 3 aromatic rings. The lowest BCUT2D eigenvalue weighted by atomic mass is 9.60. The molecule has 0 radical (unpaired) electrons. The van der Waals surface area contributed by atoms with Gasteiger partial charge in [0, 0.05) is 54.1 Å². The number of benzene rings is 2. The molecule has 6 nitrogen and oxygen atoms in total. The normalized spacial score (nSPS) is 22.2. The smallest absolute Gasteiger partial charge is 0.247 e. The Morgan fingerprint density at radius 3 is 2.42 bits per heavy atom. The van der Waals surface area contributed by atoms with E-state index < -0.39 is 16.6 Å². The van der Waals surface area contributed by atoms with Crippen LogP contribution < -0.4 is 9.80 Å². The maximum atomic E-state index is 14.4. The molecule has 0 saturated heterocycles. The lowest BCUT2D eigenvalue weighted by Gasteiger charge is -2.47.